The Kier molecular flexibility index (Phi) is 7.75. The number of unbranched alkanes of at least 4 members (excludes halogenated alkanes) is 3. The minimum absolute atomic E-state index is 0.679. The lowest BCUT2D eigenvalue weighted by Gasteiger charge is -2.12. The van der Waals surface area contributed by atoms with Crippen molar-refractivity contribution in [2.24, 2.45) is 0 Å². The monoisotopic (exact) mass is 354 g/mol. The molecule has 0 unspecified atom stereocenters. The van der Waals surface area contributed by atoms with Crippen LogP contribution in [0.5, 0.6) is 11.5 Å². The summed E-state index contributed by atoms with van der Waals surface area (Å²) in [6.45, 7) is 2.87. The molecule has 0 spiro atoms. The lowest BCUT2D eigenvalue weighted by atomic mass is 10.0. The Morgan fingerprint density at radius 1 is 1.00 bits per heavy atom. The molecule has 1 N–H and O–H groups in total. The average Bonchev–Trinajstić information content (AvgIpc) is 2.66. The summed E-state index contributed by atoms with van der Waals surface area (Å²) >= 11 is 0. The van der Waals surface area contributed by atoms with Crippen molar-refractivity contribution in [3.05, 3.63) is 54.1 Å². The molecule has 0 aliphatic carbocycles. The van der Waals surface area contributed by atoms with Gasteiger partial charge in [0.2, 0.25) is 0 Å². The van der Waals surface area contributed by atoms with E-state index in [1.807, 2.05) is 42.5 Å². The molecule has 0 saturated carbocycles. The molecule has 0 fully saturated rings. The first-order valence-corrected chi connectivity index (χ1v) is 8.96. The van der Waals surface area contributed by atoms with Gasteiger partial charge in [-0.15, -0.1) is 0 Å². The van der Waals surface area contributed by atoms with Crippen LogP contribution in [0.3, 0.4) is 0 Å². The fourth-order valence-electron chi connectivity index (χ4n) is 2.63. The van der Waals surface area contributed by atoms with E-state index >= 15 is 0 Å². The van der Waals surface area contributed by atoms with Crippen molar-refractivity contribution < 1.29 is 19.4 Å². The largest absolute Gasteiger partial charge is 0.493 e. The third-order valence-electron chi connectivity index (χ3n) is 4.08. The summed E-state index contributed by atoms with van der Waals surface area (Å²) in [5, 5.41) is 8.69. The predicted octanol–water partition coefficient (Wildman–Crippen LogP) is 5.42. The molecule has 4 heteroatoms. The van der Waals surface area contributed by atoms with Crippen molar-refractivity contribution in [1.82, 2.24) is 0 Å². The number of hydrogen-bond donors (Lipinski definition) is 1. The van der Waals surface area contributed by atoms with Crippen molar-refractivity contribution in [2.45, 2.75) is 32.6 Å². The number of ether oxygens (including phenoxy) is 2. The molecule has 2 aromatic rings. The second-order valence-electron chi connectivity index (χ2n) is 6.07. The van der Waals surface area contributed by atoms with Crippen LogP contribution in [0.25, 0.3) is 17.2 Å². The first-order chi connectivity index (χ1) is 12.6. The van der Waals surface area contributed by atoms with Crippen LogP contribution in [0.1, 0.15) is 38.2 Å². The fraction of sp³-hybridized carbons (Fsp3) is 0.318. The van der Waals surface area contributed by atoms with Crippen LogP contribution in [0.15, 0.2) is 48.5 Å². The SMILES string of the molecule is CCCCCCOc1cc(-c2ccc(C=CC(=O)O)cc2)ccc1OC. The van der Waals surface area contributed by atoms with E-state index in [2.05, 4.69) is 6.92 Å². The number of carboxylic acid groups (broad SMARTS) is 1. The Morgan fingerprint density at radius 2 is 1.73 bits per heavy atom. The maximum Gasteiger partial charge on any atom is 0.328 e. The van der Waals surface area contributed by atoms with Crippen molar-refractivity contribution >= 4 is 12.0 Å². The van der Waals surface area contributed by atoms with Gasteiger partial charge in [-0.25, -0.2) is 4.79 Å². The molecule has 0 heterocycles. The molecule has 26 heavy (non-hydrogen) atoms. The number of carbonyl (C=O) groups is 1. The molecule has 0 aromatic heterocycles. The van der Waals surface area contributed by atoms with Gasteiger partial charge in [-0.1, -0.05) is 56.5 Å². The zero-order valence-electron chi connectivity index (χ0n) is 15.4. The third kappa shape index (κ3) is 5.96. The van der Waals surface area contributed by atoms with E-state index in [4.69, 9.17) is 14.6 Å². The highest BCUT2D eigenvalue weighted by atomic mass is 16.5. The molecule has 0 aliphatic heterocycles. The van der Waals surface area contributed by atoms with Gasteiger partial charge in [0.15, 0.2) is 11.5 Å². The zero-order valence-corrected chi connectivity index (χ0v) is 15.4. The first-order valence-electron chi connectivity index (χ1n) is 8.96. The molecular formula is C22H26O4. The molecule has 0 atom stereocenters. The topological polar surface area (TPSA) is 55.8 Å². The summed E-state index contributed by atoms with van der Waals surface area (Å²) < 4.78 is 11.3. The van der Waals surface area contributed by atoms with Gasteiger partial charge < -0.3 is 14.6 Å². The molecule has 0 bridgehead atoms. The zero-order chi connectivity index (χ0) is 18.8. The summed E-state index contributed by atoms with van der Waals surface area (Å²) in [6, 6.07) is 13.6. The second-order valence-corrected chi connectivity index (χ2v) is 6.07. The summed E-state index contributed by atoms with van der Waals surface area (Å²) in [6.07, 6.45) is 7.34. The summed E-state index contributed by atoms with van der Waals surface area (Å²) in [5.41, 5.74) is 2.91. The Morgan fingerprint density at radius 3 is 2.38 bits per heavy atom. The fourth-order valence-corrected chi connectivity index (χ4v) is 2.63. The van der Waals surface area contributed by atoms with Gasteiger partial charge in [-0.3, -0.25) is 0 Å². The van der Waals surface area contributed by atoms with Gasteiger partial charge in [0.05, 0.1) is 13.7 Å². The number of benzene rings is 2. The van der Waals surface area contributed by atoms with Gasteiger partial charge in [0, 0.05) is 6.08 Å². The standard InChI is InChI=1S/C22H26O4/c1-3-4-5-6-15-26-21-16-19(12-13-20(21)25-2)18-10-7-17(8-11-18)9-14-22(23)24/h7-14,16H,3-6,15H2,1-2H3,(H,23,24). The van der Waals surface area contributed by atoms with E-state index in [1.54, 1.807) is 13.2 Å². The Labute approximate surface area is 155 Å². The number of aliphatic carboxylic acids is 1. The van der Waals surface area contributed by atoms with Gasteiger partial charge in [-0.05, 0) is 41.3 Å². The van der Waals surface area contributed by atoms with Crippen LogP contribution in [-0.4, -0.2) is 24.8 Å². The summed E-state index contributed by atoms with van der Waals surface area (Å²) in [5.74, 6) is 0.520. The minimum Gasteiger partial charge on any atom is -0.493 e. The molecule has 2 aromatic carbocycles. The lowest BCUT2D eigenvalue weighted by molar-refractivity contribution is -0.131. The third-order valence-corrected chi connectivity index (χ3v) is 4.08. The van der Waals surface area contributed by atoms with Gasteiger partial charge >= 0.3 is 5.97 Å². The lowest BCUT2D eigenvalue weighted by Crippen LogP contribution is -1.99. The van der Waals surface area contributed by atoms with Gasteiger partial charge in [0.25, 0.3) is 0 Å². The minimum atomic E-state index is -0.954. The number of methoxy groups -OCH3 is 1. The van der Waals surface area contributed by atoms with E-state index in [9.17, 15) is 4.79 Å². The van der Waals surface area contributed by atoms with Gasteiger partial charge in [-0.2, -0.15) is 0 Å². The van der Waals surface area contributed by atoms with Crippen LogP contribution >= 0.6 is 0 Å². The van der Waals surface area contributed by atoms with E-state index < -0.39 is 5.97 Å². The van der Waals surface area contributed by atoms with Crippen LogP contribution in [-0.2, 0) is 4.79 Å². The van der Waals surface area contributed by atoms with E-state index in [0.29, 0.717) is 6.61 Å². The molecule has 2 rings (SSSR count). The van der Waals surface area contributed by atoms with Gasteiger partial charge in [0.1, 0.15) is 0 Å². The molecule has 0 radical (unpaired) electrons. The predicted molar refractivity (Wildman–Crippen MR) is 105 cm³/mol. The summed E-state index contributed by atoms with van der Waals surface area (Å²) in [7, 11) is 1.64. The smallest absolute Gasteiger partial charge is 0.328 e. The first kappa shape index (κ1) is 19.6. The molecular weight excluding hydrogens is 328 g/mol. The van der Waals surface area contributed by atoms with Crippen molar-refractivity contribution in [1.29, 1.82) is 0 Å². The average molecular weight is 354 g/mol. The quantitative estimate of drug-likeness (QED) is 0.457. The van der Waals surface area contributed by atoms with E-state index in [-0.39, 0.29) is 0 Å². The summed E-state index contributed by atoms with van der Waals surface area (Å²) in [4.78, 5) is 10.6. The maximum absolute atomic E-state index is 10.6. The normalized spacial score (nSPS) is 10.8. The number of carboxylic acids is 1. The highest BCUT2D eigenvalue weighted by Gasteiger charge is 2.07. The second kappa shape index (κ2) is 10.3. The number of rotatable bonds is 10. The Bertz CT molecular complexity index is 732. The molecule has 4 nitrogen and oxygen atoms in total. The number of hydrogen-bond acceptors (Lipinski definition) is 3. The highest BCUT2D eigenvalue weighted by Crippen LogP contribution is 2.33. The molecule has 0 amide bonds. The van der Waals surface area contributed by atoms with Crippen LogP contribution in [0.4, 0.5) is 0 Å². The van der Waals surface area contributed by atoms with Crippen LogP contribution in [0, 0.1) is 0 Å². The van der Waals surface area contributed by atoms with Crippen molar-refractivity contribution in [3.63, 3.8) is 0 Å². The van der Waals surface area contributed by atoms with Crippen LogP contribution < -0.4 is 9.47 Å². The maximum atomic E-state index is 10.6. The van der Waals surface area contributed by atoms with E-state index in [0.717, 1.165) is 40.7 Å². The Balaban J connectivity index is 2.11. The van der Waals surface area contributed by atoms with E-state index in [1.165, 1.54) is 19.3 Å². The molecule has 138 valence electrons. The Hall–Kier alpha value is -2.75. The van der Waals surface area contributed by atoms with Crippen molar-refractivity contribution in [2.75, 3.05) is 13.7 Å². The molecule has 0 aliphatic rings. The molecule has 0 saturated heterocycles. The highest BCUT2D eigenvalue weighted by molar-refractivity contribution is 5.85. The van der Waals surface area contributed by atoms with Crippen molar-refractivity contribution in [3.8, 4) is 22.6 Å². The van der Waals surface area contributed by atoms with Crippen LogP contribution in [0.2, 0.25) is 0 Å².